The number of aromatic hydroxyl groups is 1. The minimum absolute atomic E-state index is 0.0607. The van der Waals surface area contributed by atoms with Crippen molar-refractivity contribution < 1.29 is 14.6 Å². The first kappa shape index (κ1) is 20.2. The molecule has 1 fully saturated rings. The lowest BCUT2D eigenvalue weighted by atomic mass is 10.2. The summed E-state index contributed by atoms with van der Waals surface area (Å²) in [5, 5.41) is 10.2. The molecule has 2 aromatic rings. The number of carbonyl (C=O) groups is 1. The number of nitrogens with zero attached hydrogens (tertiary/aromatic N) is 3. The van der Waals surface area contributed by atoms with Gasteiger partial charge in [-0.25, -0.2) is 0 Å². The van der Waals surface area contributed by atoms with Crippen LogP contribution in [0.5, 0.6) is 11.5 Å². The number of phenols is 1. The van der Waals surface area contributed by atoms with Crippen LogP contribution in [0.4, 0.5) is 11.4 Å². The SMILES string of the molecule is CCC(=O)N1CCN(c2ccc(N=Cc3cc(Br)cc(OC)c3O)cc2)CC1. The number of rotatable bonds is 5. The minimum Gasteiger partial charge on any atom is -0.504 e. The highest BCUT2D eigenvalue weighted by molar-refractivity contribution is 9.10. The van der Waals surface area contributed by atoms with Gasteiger partial charge in [0.1, 0.15) is 0 Å². The molecule has 148 valence electrons. The number of benzene rings is 2. The van der Waals surface area contributed by atoms with Crippen molar-refractivity contribution in [3.63, 3.8) is 0 Å². The standard InChI is InChI=1S/C21H24BrN3O3/c1-3-20(26)25-10-8-24(9-11-25)18-6-4-17(5-7-18)23-14-15-12-16(22)13-19(28-2)21(15)27/h4-7,12-14,27H,3,8-11H2,1-2H3. The van der Waals surface area contributed by atoms with Crippen LogP contribution in [-0.4, -0.2) is 55.4 Å². The van der Waals surface area contributed by atoms with E-state index < -0.39 is 0 Å². The van der Waals surface area contributed by atoms with Crippen LogP contribution in [0.15, 0.2) is 45.9 Å². The first-order valence-corrected chi connectivity index (χ1v) is 10.0. The van der Waals surface area contributed by atoms with Crippen molar-refractivity contribution >= 4 is 39.4 Å². The number of anilines is 1. The Morgan fingerprint density at radius 3 is 2.50 bits per heavy atom. The second-order valence-electron chi connectivity index (χ2n) is 6.54. The Kier molecular flexibility index (Phi) is 6.57. The fourth-order valence-corrected chi connectivity index (χ4v) is 3.63. The quantitative estimate of drug-likeness (QED) is 0.706. The van der Waals surface area contributed by atoms with Crippen LogP contribution in [-0.2, 0) is 4.79 Å². The largest absolute Gasteiger partial charge is 0.504 e. The molecule has 1 saturated heterocycles. The van der Waals surface area contributed by atoms with Gasteiger partial charge in [0, 0.05) is 54.5 Å². The molecule has 2 aromatic carbocycles. The molecule has 1 aliphatic rings. The molecule has 1 N–H and O–H groups in total. The van der Waals surface area contributed by atoms with E-state index in [-0.39, 0.29) is 11.7 Å². The molecule has 6 nitrogen and oxygen atoms in total. The summed E-state index contributed by atoms with van der Waals surface area (Å²) in [6, 6.07) is 11.4. The van der Waals surface area contributed by atoms with E-state index >= 15 is 0 Å². The summed E-state index contributed by atoms with van der Waals surface area (Å²) in [4.78, 5) is 20.4. The number of methoxy groups -OCH3 is 1. The topological polar surface area (TPSA) is 65.4 Å². The molecule has 0 atom stereocenters. The van der Waals surface area contributed by atoms with Gasteiger partial charge in [0.2, 0.25) is 5.91 Å². The van der Waals surface area contributed by atoms with Crippen molar-refractivity contribution in [1.82, 2.24) is 4.90 Å². The third-order valence-electron chi connectivity index (χ3n) is 4.79. The lowest BCUT2D eigenvalue weighted by Gasteiger charge is -2.36. The van der Waals surface area contributed by atoms with E-state index in [2.05, 4.69) is 25.8 Å². The van der Waals surface area contributed by atoms with Crippen molar-refractivity contribution in [2.75, 3.05) is 38.2 Å². The number of halogens is 1. The van der Waals surface area contributed by atoms with E-state index in [9.17, 15) is 9.90 Å². The molecule has 0 radical (unpaired) electrons. The Balaban J connectivity index is 1.66. The van der Waals surface area contributed by atoms with Crippen molar-refractivity contribution in [2.24, 2.45) is 4.99 Å². The van der Waals surface area contributed by atoms with Crippen LogP contribution in [0.2, 0.25) is 0 Å². The summed E-state index contributed by atoms with van der Waals surface area (Å²) < 4.78 is 5.96. The van der Waals surface area contributed by atoms with Crippen molar-refractivity contribution in [1.29, 1.82) is 0 Å². The molecule has 0 spiro atoms. The van der Waals surface area contributed by atoms with E-state index in [0.29, 0.717) is 17.7 Å². The Morgan fingerprint density at radius 2 is 1.89 bits per heavy atom. The monoisotopic (exact) mass is 445 g/mol. The van der Waals surface area contributed by atoms with Gasteiger partial charge in [-0.2, -0.15) is 0 Å². The lowest BCUT2D eigenvalue weighted by Crippen LogP contribution is -2.48. The van der Waals surface area contributed by atoms with Gasteiger partial charge in [0.05, 0.1) is 12.8 Å². The van der Waals surface area contributed by atoms with Gasteiger partial charge in [-0.3, -0.25) is 9.79 Å². The van der Waals surface area contributed by atoms with E-state index in [0.717, 1.165) is 42.0 Å². The number of ether oxygens (including phenoxy) is 1. The predicted molar refractivity (Wildman–Crippen MR) is 115 cm³/mol. The molecular formula is C21H24BrN3O3. The van der Waals surface area contributed by atoms with Gasteiger partial charge < -0.3 is 19.6 Å². The number of piperazine rings is 1. The molecule has 1 heterocycles. The van der Waals surface area contributed by atoms with E-state index in [1.54, 1.807) is 18.3 Å². The number of hydrogen-bond acceptors (Lipinski definition) is 5. The van der Waals surface area contributed by atoms with Crippen LogP contribution < -0.4 is 9.64 Å². The fraction of sp³-hybridized carbons (Fsp3) is 0.333. The van der Waals surface area contributed by atoms with Gasteiger partial charge in [-0.15, -0.1) is 0 Å². The second-order valence-corrected chi connectivity index (χ2v) is 7.46. The highest BCUT2D eigenvalue weighted by Gasteiger charge is 2.19. The van der Waals surface area contributed by atoms with Gasteiger partial charge in [-0.05, 0) is 36.4 Å². The summed E-state index contributed by atoms with van der Waals surface area (Å²) in [5.74, 6) is 0.675. The van der Waals surface area contributed by atoms with Crippen LogP contribution in [0.1, 0.15) is 18.9 Å². The number of aliphatic imine (C=N–C) groups is 1. The molecule has 28 heavy (non-hydrogen) atoms. The van der Waals surface area contributed by atoms with Crippen LogP contribution >= 0.6 is 15.9 Å². The first-order valence-electron chi connectivity index (χ1n) is 9.25. The Morgan fingerprint density at radius 1 is 1.21 bits per heavy atom. The van der Waals surface area contributed by atoms with Gasteiger partial charge >= 0.3 is 0 Å². The zero-order chi connectivity index (χ0) is 20.1. The van der Waals surface area contributed by atoms with E-state index in [1.165, 1.54) is 7.11 Å². The van der Waals surface area contributed by atoms with Crippen LogP contribution in [0, 0.1) is 0 Å². The van der Waals surface area contributed by atoms with Gasteiger partial charge in [-0.1, -0.05) is 22.9 Å². The normalized spacial score (nSPS) is 14.5. The second kappa shape index (κ2) is 9.10. The summed E-state index contributed by atoms with van der Waals surface area (Å²) in [6.07, 6.45) is 2.18. The highest BCUT2D eigenvalue weighted by Crippen LogP contribution is 2.33. The van der Waals surface area contributed by atoms with Crippen LogP contribution in [0.25, 0.3) is 0 Å². The Bertz CT molecular complexity index is 860. The molecule has 0 bridgehead atoms. The molecule has 0 aliphatic carbocycles. The average Bonchev–Trinajstić information content (AvgIpc) is 2.74. The fourth-order valence-electron chi connectivity index (χ4n) is 3.18. The predicted octanol–water partition coefficient (Wildman–Crippen LogP) is 3.97. The molecule has 0 unspecified atom stereocenters. The lowest BCUT2D eigenvalue weighted by molar-refractivity contribution is -0.131. The molecule has 0 aromatic heterocycles. The molecule has 1 amide bonds. The number of phenolic OH excluding ortho intramolecular Hbond substituents is 1. The first-order chi connectivity index (χ1) is 13.5. The molecule has 3 rings (SSSR count). The minimum atomic E-state index is 0.0607. The summed E-state index contributed by atoms with van der Waals surface area (Å²) in [7, 11) is 1.51. The number of carbonyl (C=O) groups excluding carboxylic acids is 1. The maximum atomic E-state index is 11.8. The molecular weight excluding hydrogens is 422 g/mol. The Labute approximate surface area is 173 Å². The third-order valence-corrected chi connectivity index (χ3v) is 5.25. The number of amides is 1. The van der Waals surface area contributed by atoms with Gasteiger partial charge in [0.25, 0.3) is 0 Å². The van der Waals surface area contributed by atoms with E-state index in [1.807, 2.05) is 36.1 Å². The molecule has 0 saturated carbocycles. The summed E-state index contributed by atoms with van der Waals surface area (Å²) >= 11 is 3.40. The smallest absolute Gasteiger partial charge is 0.222 e. The maximum absolute atomic E-state index is 11.8. The molecule has 1 aliphatic heterocycles. The van der Waals surface area contributed by atoms with Crippen molar-refractivity contribution in [3.8, 4) is 11.5 Å². The zero-order valence-corrected chi connectivity index (χ0v) is 17.6. The third kappa shape index (κ3) is 4.65. The zero-order valence-electron chi connectivity index (χ0n) is 16.1. The van der Waals surface area contributed by atoms with E-state index in [4.69, 9.17) is 4.74 Å². The number of hydrogen-bond donors (Lipinski definition) is 1. The van der Waals surface area contributed by atoms with Crippen LogP contribution in [0.3, 0.4) is 0 Å². The maximum Gasteiger partial charge on any atom is 0.222 e. The van der Waals surface area contributed by atoms with Crippen molar-refractivity contribution in [2.45, 2.75) is 13.3 Å². The Hall–Kier alpha value is -2.54. The van der Waals surface area contributed by atoms with Gasteiger partial charge in [0.15, 0.2) is 11.5 Å². The summed E-state index contributed by atoms with van der Waals surface area (Å²) in [5.41, 5.74) is 2.49. The average molecular weight is 446 g/mol. The molecule has 7 heteroatoms. The van der Waals surface area contributed by atoms with Crippen molar-refractivity contribution in [3.05, 3.63) is 46.4 Å². The summed E-state index contributed by atoms with van der Waals surface area (Å²) in [6.45, 7) is 5.09. The highest BCUT2D eigenvalue weighted by atomic mass is 79.9.